The van der Waals surface area contributed by atoms with E-state index in [1.807, 2.05) is 44.2 Å². The van der Waals surface area contributed by atoms with Crippen LogP contribution >= 0.6 is 0 Å². The summed E-state index contributed by atoms with van der Waals surface area (Å²) in [6.45, 7) is 7.44. The largest absolute Gasteiger partial charge is 0.361 e. The predicted octanol–water partition coefficient (Wildman–Crippen LogP) is 3.14. The lowest BCUT2D eigenvalue weighted by atomic mass is 9.93. The minimum Gasteiger partial charge on any atom is -0.361 e. The Labute approximate surface area is 108 Å². The fourth-order valence-electron chi connectivity index (χ4n) is 2.27. The second-order valence-electron chi connectivity index (χ2n) is 5.52. The highest BCUT2D eigenvalue weighted by atomic mass is 16.5. The molecule has 2 rings (SSSR count). The molecule has 1 saturated heterocycles. The number of nitrogens with one attached hydrogen (secondary N) is 1. The Morgan fingerprint density at radius 3 is 2.17 bits per heavy atom. The molecule has 1 aromatic rings. The number of anilines is 1. The van der Waals surface area contributed by atoms with Gasteiger partial charge in [0, 0.05) is 17.5 Å². The molecule has 0 aliphatic carbocycles. The summed E-state index contributed by atoms with van der Waals surface area (Å²) < 4.78 is 5.79. The van der Waals surface area contributed by atoms with Crippen molar-refractivity contribution in [2.24, 2.45) is 0 Å². The molecule has 3 nitrogen and oxygen atoms in total. The third kappa shape index (κ3) is 2.31. The highest BCUT2D eigenvalue weighted by Crippen LogP contribution is 2.38. The van der Waals surface area contributed by atoms with Crippen molar-refractivity contribution < 1.29 is 9.53 Å². The maximum atomic E-state index is 12.2. The van der Waals surface area contributed by atoms with E-state index in [0.29, 0.717) is 5.57 Å². The second kappa shape index (κ2) is 4.25. The van der Waals surface area contributed by atoms with Crippen molar-refractivity contribution in [3.05, 3.63) is 42.1 Å². The van der Waals surface area contributed by atoms with Gasteiger partial charge in [-0.1, -0.05) is 18.2 Å². The fraction of sp³-hybridized carbons (Fsp3) is 0.400. The Kier molecular flexibility index (Phi) is 3.03. The molecule has 1 N–H and O–H groups in total. The quantitative estimate of drug-likeness (QED) is 0.813. The number of hydrogen-bond donors (Lipinski definition) is 1. The molecule has 0 unspecified atom stereocenters. The molecule has 1 aliphatic heterocycles. The predicted molar refractivity (Wildman–Crippen MR) is 72.4 cm³/mol. The normalized spacial score (nSPS) is 23.3. The number of ketones is 1. The van der Waals surface area contributed by atoms with E-state index >= 15 is 0 Å². The van der Waals surface area contributed by atoms with Gasteiger partial charge in [-0.05, 0) is 39.8 Å². The van der Waals surface area contributed by atoms with E-state index in [1.165, 1.54) is 0 Å². The molecule has 0 amide bonds. The van der Waals surface area contributed by atoms with E-state index in [1.54, 1.807) is 20.0 Å². The van der Waals surface area contributed by atoms with Crippen molar-refractivity contribution in [2.75, 3.05) is 5.32 Å². The van der Waals surface area contributed by atoms with Crippen LogP contribution in [-0.4, -0.2) is 17.0 Å². The highest BCUT2D eigenvalue weighted by molar-refractivity contribution is 6.05. The number of Topliss-reactive ketones (excluding diaryl/α,β-unsaturated/α-hetero) is 1. The van der Waals surface area contributed by atoms with Crippen molar-refractivity contribution in [2.45, 2.75) is 38.9 Å². The monoisotopic (exact) mass is 245 g/mol. The number of carbonyl (C=O) groups is 1. The average Bonchev–Trinajstić information content (AvgIpc) is 2.43. The first-order valence-corrected chi connectivity index (χ1v) is 6.10. The molecule has 0 bridgehead atoms. The first kappa shape index (κ1) is 12.8. The zero-order chi connectivity index (χ0) is 13.4. The molecule has 1 heterocycles. The number of ether oxygens (including phenoxy) is 1. The summed E-state index contributed by atoms with van der Waals surface area (Å²) in [7, 11) is 0. The lowest BCUT2D eigenvalue weighted by molar-refractivity contribution is -0.132. The zero-order valence-electron chi connectivity index (χ0n) is 11.3. The summed E-state index contributed by atoms with van der Waals surface area (Å²) in [4.78, 5) is 12.2. The van der Waals surface area contributed by atoms with Gasteiger partial charge < -0.3 is 10.1 Å². The van der Waals surface area contributed by atoms with Crippen molar-refractivity contribution in [1.82, 2.24) is 0 Å². The molecule has 0 radical (unpaired) electrons. The highest BCUT2D eigenvalue weighted by Gasteiger charge is 2.49. The van der Waals surface area contributed by atoms with E-state index in [2.05, 4.69) is 5.32 Å². The van der Waals surface area contributed by atoms with Gasteiger partial charge in [-0.25, -0.2) is 0 Å². The third-order valence-corrected chi connectivity index (χ3v) is 3.11. The Bertz CT molecular complexity index is 486. The molecule has 1 fully saturated rings. The molecule has 96 valence electrons. The smallest absolute Gasteiger partial charge is 0.194 e. The van der Waals surface area contributed by atoms with Gasteiger partial charge in [0.25, 0.3) is 0 Å². The van der Waals surface area contributed by atoms with Crippen molar-refractivity contribution in [3.63, 3.8) is 0 Å². The van der Waals surface area contributed by atoms with Gasteiger partial charge in [0.1, 0.15) is 5.60 Å². The first-order valence-electron chi connectivity index (χ1n) is 6.10. The van der Waals surface area contributed by atoms with Gasteiger partial charge in [0.15, 0.2) is 5.78 Å². The van der Waals surface area contributed by atoms with Crippen LogP contribution in [0, 0.1) is 0 Å². The van der Waals surface area contributed by atoms with Crippen LogP contribution in [0.15, 0.2) is 42.1 Å². The molecular formula is C15H19NO2. The molecule has 0 atom stereocenters. The molecule has 0 spiro atoms. The molecule has 1 aromatic carbocycles. The third-order valence-electron chi connectivity index (χ3n) is 3.11. The van der Waals surface area contributed by atoms with Crippen LogP contribution in [0.4, 0.5) is 5.69 Å². The fourth-order valence-corrected chi connectivity index (χ4v) is 2.27. The SMILES string of the molecule is CC1(C)OC(C)(C)/C(=C\Nc2ccccc2)C1=O. The lowest BCUT2D eigenvalue weighted by Crippen LogP contribution is -2.29. The van der Waals surface area contributed by atoms with E-state index in [9.17, 15) is 4.79 Å². The Balaban J connectivity index is 2.25. The lowest BCUT2D eigenvalue weighted by Gasteiger charge is -2.22. The van der Waals surface area contributed by atoms with Gasteiger partial charge >= 0.3 is 0 Å². The second-order valence-corrected chi connectivity index (χ2v) is 5.52. The molecule has 18 heavy (non-hydrogen) atoms. The molecule has 0 saturated carbocycles. The molecule has 3 heteroatoms. The topological polar surface area (TPSA) is 38.3 Å². The molecular weight excluding hydrogens is 226 g/mol. The van der Waals surface area contributed by atoms with Crippen LogP contribution in [0.5, 0.6) is 0 Å². The molecule has 0 aromatic heterocycles. The van der Waals surface area contributed by atoms with Crippen molar-refractivity contribution >= 4 is 11.5 Å². The number of carbonyl (C=O) groups excluding carboxylic acids is 1. The van der Waals surface area contributed by atoms with E-state index in [0.717, 1.165) is 5.69 Å². The van der Waals surface area contributed by atoms with Gasteiger partial charge in [-0.15, -0.1) is 0 Å². The van der Waals surface area contributed by atoms with Crippen LogP contribution in [-0.2, 0) is 9.53 Å². The van der Waals surface area contributed by atoms with Crippen LogP contribution in [0.25, 0.3) is 0 Å². The summed E-state index contributed by atoms with van der Waals surface area (Å²) in [5.41, 5.74) is 0.338. The number of rotatable bonds is 2. The number of hydrogen-bond acceptors (Lipinski definition) is 3. The minimum atomic E-state index is -0.742. The minimum absolute atomic E-state index is 0.0379. The Hall–Kier alpha value is -1.61. The zero-order valence-corrected chi connectivity index (χ0v) is 11.3. The van der Waals surface area contributed by atoms with Crippen molar-refractivity contribution in [1.29, 1.82) is 0 Å². The summed E-state index contributed by atoms with van der Waals surface area (Å²) >= 11 is 0. The first-order chi connectivity index (χ1) is 8.33. The summed E-state index contributed by atoms with van der Waals surface area (Å²) in [5, 5.41) is 3.15. The summed E-state index contributed by atoms with van der Waals surface area (Å²) in [6.07, 6.45) is 1.76. The van der Waals surface area contributed by atoms with Crippen LogP contribution in [0.2, 0.25) is 0 Å². The van der Waals surface area contributed by atoms with E-state index < -0.39 is 11.2 Å². The van der Waals surface area contributed by atoms with Crippen LogP contribution in [0.1, 0.15) is 27.7 Å². The van der Waals surface area contributed by atoms with Gasteiger partial charge in [0.2, 0.25) is 0 Å². The maximum absolute atomic E-state index is 12.2. The van der Waals surface area contributed by atoms with Crippen LogP contribution in [0.3, 0.4) is 0 Å². The van der Waals surface area contributed by atoms with Gasteiger partial charge in [0.05, 0.1) is 5.60 Å². The van der Waals surface area contributed by atoms with Gasteiger partial charge in [-0.2, -0.15) is 0 Å². The summed E-state index contributed by atoms with van der Waals surface area (Å²) in [5.74, 6) is 0.0379. The van der Waals surface area contributed by atoms with Crippen LogP contribution < -0.4 is 5.32 Å². The number of para-hydroxylation sites is 1. The maximum Gasteiger partial charge on any atom is 0.194 e. The Morgan fingerprint density at radius 1 is 1.06 bits per heavy atom. The van der Waals surface area contributed by atoms with Crippen molar-refractivity contribution in [3.8, 4) is 0 Å². The standard InChI is InChI=1S/C15H19NO2/c1-14(2)12(13(17)15(3,4)18-14)10-16-11-8-6-5-7-9-11/h5-10,16H,1-4H3/b12-10-. The molecule has 1 aliphatic rings. The average molecular weight is 245 g/mol. The number of benzene rings is 1. The summed E-state index contributed by atoms with van der Waals surface area (Å²) in [6, 6.07) is 9.76. The van der Waals surface area contributed by atoms with E-state index in [4.69, 9.17) is 4.74 Å². The van der Waals surface area contributed by atoms with Gasteiger partial charge in [-0.3, -0.25) is 4.79 Å². The Morgan fingerprint density at radius 2 is 1.67 bits per heavy atom. The van der Waals surface area contributed by atoms with E-state index in [-0.39, 0.29) is 5.78 Å².